The van der Waals surface area contributed by atoms with Crippen LogP contribution in [0.2, 0.25) is 0 Å². The number of Topliss-reactive ketones (excluding diaryl/α,β-unsaturated/α-hetero) is 2. The lowest BCUT2D eigenvalue weighted by Gasteiger charge is -2.69. The SMILES string of the molecule is CC(=O)[C@@H]1[C@@H](O)CC2[C@]3(C)CCC4C(C)(C)CCC[C@]4(C)C3CC(=O)[C@]2(C)[C@H]1C=O. The maximum atomic E-state index is 13.8. The molecule has 0 aromatic rings. The number of carbonyl (C=O) groups excluding carboxylic acids is 3. The van der Waals surface area contributed by atoms with E-state index < -0.39 is 23.4 Å². The maximum Gasteiger partial charge on any atom is 0.140 e. The predicted molar refractivity (Wildman–Crippen MR) is 116 cm³/mol. The number of aliphatic hydroxyl groups excluding tert-OH is 1. The van der Waals surface area contributed by atoms with Crippen molar-refractivity contribution in [1.82, 2.24) is 0 Å². The molecule has 0 radical (unpaired) electrons. The zero-order chi connectivity index (χ0) is 22.3. The Morgan fingerprint density at radius 2 is 1.63 bits per heavy atom. The van der Waals surface area contributed by atoms with Gasteiger partial charge in [-0.3, -0.25) is 9.59 Å². The number of fused-ring (bicyclic) bond motifs is 5. The van der Waals surface area contributed by atoms with Gasteiger partial charge < -0.3 is 9.90 Å². The number of carbonyl (C=O) groups is 3. The zero-order valence-electron chi connectivity index (χ0n) is 19.7. The summed E-state index contributed by atoms with van der Waals surface area (Å²) in [6.07, 6.45) is 6.73. The van der Waals surface area contributed by atoms with Crippen LogP contribution >= 0.6 is 0 Å². The summed E-state index contributed by atoms with van der Waals surface area (Å²) in [4.78, 5) is 38.4. The minimum Gasteiger partial charge on any atom is -0.392 e. The number of ketones is 2. The van der Waals surface area contributed by atoms with E-state index in [4.69, 9.17) is 0 Å². The van der Waals surface area contributed by atoms with Gasteiger partial charge in [0.15, 0.2) is 0 Å². The molecule has 0 saturated heterocycles. The third kappa shape index (κ3) is 2.64. The molecule has 0 heterocycles. The fraction of sp³-hybridized carbons (Fsp3) is 0.885. The molecule has 0 spiro atoms. The molecule has 0 aliphatic heterocycles. The highest BCUT2D eigenvalue weighted by Crippen LogP contribution is 2.72. The summed E-state index contributed by atoms with van der Waals surface area (Å²) in [7, 11) is 0. The van der Waals surface area contributed by atoms with E-state index in [0.717, 1.165) is 25.5 Å². The van der Waals surface area contributed by atoms with Crippen LogP contribution in [0.15, 0.2) is 0 Å². The lowest BCUT2D eigenvalue weighted by molar-refractivity contribution is -0.219. The molecule has 4 nitrogen and oxygen atoms in total. The molecular formula is C26H40O4. The number of hydrogen-bond acceptors (Lipinski definition) is 4. The second-order valence-corrected chi connectivity index (χ2v) is 12.6. The second kappa shape index (κ2) is 6.73. The zero-order valence-corrected chi connectivity index (χ0v) is 19.7. The van der Waals surface area contributed by atoms with Gasteiger partial charge >= 0.3 is 0 Å². The molecule has 4 rings (SSSR count). The summed E-state index contributed by atoms with van der Waals surface area (Å²) in [6, 6.07) is 0. The van der Waals surface area contributed by atoms with E-state index in [-0.39, 0.29) is 39.6 Å². The van der Waals surface area contributed by atoms with E-state index in [1.54, 1.807) is 0 Å². The van der Waals surface area contributed by atoms with E-state index in [2.05, 4.69) is 27.7 Å². The van der Waals surface area contributed by atoms with E-state index >= 15 is 0 Å². The summed E-state index contributed by atoms with van der Waals surface area (Å²) < 4.78 is 0. The summed E-state index contributed by atoms with van der Waals surface area (Å²) in [6.45, 7) is 12.9. The molecule has 30 heavy (non-hydrogen) atoms. The molecule has 0 amide bonds. The van der Waals surface area contributed by atoms with Gasteiger partial charge in [-0.25, -0.2) is 0 Å². The van der Waals surface area contributed by atoms with Crippen LogP contribution in [0.5, 0.6) is 0 Å². The molecule has 4 fully saturated rings. The van der Waals surface area contributed by atoms with Gasteiger partial charge in [0.2, 0.25) is 0 Å². The van der Waals surface area contributed by atoms with Crippen molar-refractivity contribution in [3.05, 3.63) is 0 Å². The Morgan fingerprint density at radius 3 is 2.23 bits per heavy atom. The first kappa shape index (κ1) is 22.2. The fourth-order valence-corrected chi connectivity index (χ4v) is 9.54. The predicted octanol–water partition coefficient (Wildman–Crippen LogP) is 4.62. The number of aldehydes is 1. The topological polar surface area (TPSA) is 71.4 Å². The van der Waals surface area contributed by atoms with Crippen LogP contribution in [0.4, 0.5) is 0 Å². The van der Waals surface area contributed by atoms with E-state index in [1.807, 2.05) is 6.92 Å². The summed E-state index contributed by atoms with van der Waals surface area (Å²) in [5, 5.41) is 11.0. The van der Waals surface area contributed by atoms with Crippen molar-refractivity contribution in [3.8, 4) is 0 Å². The van der Waals surface area contributed by atoms with Crippen molar-refractivity contribution >= 4 is 17.9 Å². The highest BCUT2D eigenvalue weighted by atomic mass is 16.3. The van der Waals surface area contributed by atoms with Gasteiger partial charge in [0, 0.05) is 17.8 Å². The van der Waals surface area contributed by atoms with E-state index in [1.165, 1.54) is 19.8 Å². The van der Waals surface area contributed by atoms with Gasteiger partial charge in [-0.1, -0.05) is 41.0 Å². The van der Waals surface area contributed by atoms with Gasteiger partial charge in [0.1, 0.15) is 17.9 Å². The summed E-state index contributed by atoms with van der Waals surface area (Å²) in [5.41, 5.74) is -0.540. The molecule has 4 heteroatoms. The van der Waals surface area contributed by atoms with Crippen LogP contribution in [-0.4, -0.2) is 29.1 Å². The lowest BCUT2D eigenvalue weighted by atomic mass is 9.34. The molecule has 168 valence electrons. The molecule has 4 aliphatic rings. The smallest absolute Gasteiger partial charge is 0.140 e. The van der Waals surface area contributed by atoms with Crippen molar-refractivity contribution < 1.29 is 19.5 Å². The van der Waals surface area contributed by atoms with Gasteiger partial charge in [-0.05, 0) is 73.0 Å². The van der Waals surface area contributed by atoms with Crippen LogP contribution in [-0.2, 0) is 14.4 Å². The molecule has 9 atom stereocenters. The van der Waals surface area contributed by atoms with Crippen LogP contribution in [0.3, 0.4) is 0 Å². The number of aliphatic hydroxyl groups is 1. The third-order valence-electron chi connectivity index (χ3n) is 10.9. The number of hydrogen-bond donors (Lipinski definition) is 1. The largest absolute Gasteiger partial charge is 0.392 e. The van der Waals surface area contributed by atoms with E-state index in [0.29, 0.717) is 18.8 Å². The van der Waals surface area contributed by atoms with Gasteiger partial charge in [-0.2, -0.15) is 0 Å². The van der Waals surface area contributed by atoms with E-state index in [9.17, 15) is 19.5 Å². The van der Waals surface area contributed by atoms with Gasteiger partial charge in [-0.15, -0.1) is 0 Å². The average Bonchev–Trinajstić information content (AvgIpc) is 2.63. The highest BCUT2D eigenvalue weighted by molar-refractivity contribution is 5.92. The van der Waals surface area contributed by atoms with Gasteiger partial charge in [0.25, 0.3) is 0 Å². The molecule has 0 aromatic carbocycles. The Bertz CT molecular complexity index is 771. The molecular weight excluding hydrogens is 376 g/mol. The van der Waals surface area contributed by atoms with Crippen molar-refractivity contribution in [2.24, 2.45) is 51.2 Å². The molecule has 4 aliphatic carbocycles. The first-order valence-corrected chi connectivity index (χ1v) is 12.0. The summed E-state index contributed by atoms with van der Waals surface area (Å²) >= 11 is 0. The average molecular weight is 417 g/mol. The Morgan fingerprint density at radius 1 is 1.00 bits per heavy atom. The maximum absolute atomic E-state index is 13.8. The van der Waals surface area contributed by atoms with Crippen LogP contribution in [0.25, 0.3) is 0 Å². The Balaban J connectivity index is 1.81. The Kier molecular flexibility index (Phi) is 4.98. The molecule has 3 unspecified atom stereocenters. The minimum atomic E-state index is -0.851. The second-order valence-electron chi connectivity index (χ2n) is 12.6. The Labute approximate surface area is 181 Å². The highest BCUT2D eigenvalue weighted by Gasteiger charge is 2.70. The molecule has 4 saturated carbocycles. The first-order valence-electron chi connectivity index (χ1n) is 12.0. The first-order chi connectivity index (χ1) is 13.8. The number of rotatable bonds is 2. The normalized spacial score (nSPS) is 52.6. The summed E-state index contributed by atoms with van der Waals surface area (Å²) in [5.74, 6) is -0.674. The lowest BCUT2D eigenvalue weighted by Crippen LogP contribution is -2.68. The fourth-order valence-electron chi connectivity index (χ4n) is 9.54. The monoisotopic (exact) mass is 416 g/mol. The van der Waals surface area contributed by atoms with Crippen LogP contribution < -0.4 is 0 Å². The Hall–Kier alpha value is -1.03. The van der Waals surface area contributed by atoms with Crippen molar-refractivity contribution in [1.29, 1.82) is 0 Å². The van der Waals surface area contributed by atoms with Crippen molar-refractivity contribution in [2.45, 2.75) is 92.6 Å². The minimum absolute atomic E-state index is 0.0557. The van der Waals surface area contributed by atoms with Crippen molar-refractivity contribution in [2.75, 3.05) is 0 Å². The quantitative estimate of drug-likeness (QED) is 0.667. The standard InChI is InChI=1S/C26H40O4/c1-15(28)22-16(14-27)26(6)20(12-17(22)29)25(5)11-8-18-23(2,3)9-7-10-24(18,4)19(25)13-21(26)30/h14,16-20,22,29H,7-13H2,1-6H3/t16-,17-,18?,19?,20?,22-,24-,25+,26+/m0/s1. The van der Waals surface area contributed by atoms with Gasteiger partial charge in [0.05, 0.1) is 12.0 Å². The molecule has 1 N–H and O–H groups in total. The van der Waals surface area contributed by atoms with Crippen molar-refractivity contribution in [3.63, 3.8) is 0 Å². The third-order valence-corrected chi connectivity index (χ3v) is 10.9. The molecule has 0 aromatic heterocycles. The molecule has 0 bridgehead atoms. The van der Waals surface area contributed by atoms with Crippen LogP contribution in [0.1, 0.15) is 86.5 Å². The van der Waals surface area contributed by atoms with Crippen LogP contribution in [0, 0.1) is 51.2 Å².